The average Bonchev–Trinajstić information content (AvgIpc) is 2.29. The summed E-state index contributed by atoms with van der Waals surface area (Å²) in [4.78, 5) is 13.7. The molecule has 92 valence electrons. The van der Waals surface area contributed by atoms with Crippen molar-refractivity contribution in [3.05, 3.63) is 0 Å². The number of terminal acetylenes is 1. The van der Waals surface area contributed by atoms with Gasteiger partial charge >= 0.3 is 0 Å². The van der Waals surface area contributed by atoms with Gasteiger partial charge in [-0.05, 0) is 13.3 Å². The molecule has 0 aromatic heterocycles. The van der Waals surface area contributed by atoms with Gasteiger partial charge in [0.2, 0.25) is 5.91 Å². The Balaban J connectivity index is 4.16. The van der Waals surface area contributed by atoms with Gasteiger partial charge in [0.1, 0.15) is 0 Å². The van der Waals surface area contributed by atoms with Crippen LogP contribution in [0.25, 0.3) is 0 Å². The molecule has 0 aromatic rings. The normalized spacial score (nSPS) is 11.9. The van der Waals surface area contributed by atoms with E-state index in [1.54, 1.807) is 7.11 Å². The highest BCUT2D eigenvalue weighted by Crippen LogP contribution is 2.03. The van der Waals surface area contributed by atoms with Gasteiger partial charge in [0.15, 0.2) is 0 Å². The van der Waals surface area contributed by atoms with E-state index >= 15 is 0 Å². The predicted molar refractivity (Wildman–Crippen MR) is 65.0 cm³/mol. The van der Waals surface area contributed by atoms with E-state index in [0.717, 1.165) is 6.42 Å². The number of carbonyl (C=O) groups is 1. The number of nitrogens with zero attached hydrogens (tertiary/aromatic N) is 1. The summed E-state index contributed by atoms with van der Waals surface area (Å²) < 4.78 is 5.00. The minimum Gasteiger partial charge on any atom is -0.383 e. The van der Waals surface area contributed by atoms with Crippen LogP contribution >= 0.6 is 0 Å². The molecule has 0 radical (unpaired) electrons. The number of hydrogen-bond acceptors (Lipinski definition) is 3. The molecule has 0 aliphatic carbocycles. The average molecular weight is 226 g/mol. The van der Waals surface area contributed by atoms with Crippen molar-refractivity contribution in [2.75, 3.05) is 33.4 Å². The second-order valence-electron chi connectivity index (χ2n) is 3.64. The van der Waals surface area contributed by atoms with Crippen molar-refractivity contribution in [2.24, 2.45) is 0 Å². The monoisotopic (exact) mass is 226 g/mol. The van der Waals surface area contributed by atoms with Crippen LogP contribution in [-0.2, 0) is 9.53 Å². The zero-order valence-electron chi connectivity index (χ0n) is 10.5. The van der Waals surface area contributed by atoms with Gasteiger partial charge in [0, 0.05) is 19.7 Å². The molecule has 0 saturated heterocycles. The van der Waals surface area contributed by atoms with Crippen molar-refractivity contribution >= 4 is 5.91 Å². The minimum absolute atomic E-state index is 0.0710. The molecule has 1 N–H and O–H groups in total. The maximum atomic E-state index is 11.9. The molecule has 0 fully saturated rings. The second kappa shape index (κ2) is 9.20. The summed E-state index contributed by atoms with van der Waals surface area (Å²) in [7, 11) is 1.63. The highest BCUT2D eigenvalue weighted by Gasteiger charge is 2.17. The van der Waals surface area contributed by atoms with Gasteiger partial charge in [-0.3, -0.25) is 10.1 Å². The van der Waals surface area contributed by atoms with Crippen LogP contribution in [0.15, 0.2) is 0 Å². The summed E-state index contributed by atoms with van der Waals surface area (Å²) in [5.41, 5.74) is 0. The van der Waals surface area contributed by atoms with Crippen LogP contribution in [0.5, 0.6) is 0 Å². The maximum absolute atomic E-state index is 11.9. The Bertz CT molecular complexity index is 236. The van der Waals surface area contributed by atoms with Crippen LogP contribution in [0, 0.1) is 12.3 Å². The number of carbonyl (C=O) groups excluding carboxylic acids is 1. The van der Waals surface area contributed by atoms with Gasteiger partial charge in [0.25, 0.3) is 0 Å². The third-order valence-corrected chi connectivity index (χ3v) is 2.48. The van der Waals surface area contributed by atoms with E-state index in [1.807, 2.05) is 11.8 Å². The molecular formula is C12H22N2O2. The smallest absolute Gasteiger partial charge is 0.236 e. The molecule has 4 heteroatoms. The van der Waals surface area contributed by atoms with Crippen molar-refractivity contribution in [2.45, 2.75) is 26.3 Å². The van der Waals surface area contributed by atoms with Crippen LogP contribution in [0.4, 0.5) is 0 Å². The first-order valence-electron chi connectivity index (χ1n) is 5.59. The van der Waals surface area contributed by atoms with E-state index in [9.17, 15) is 4.79 Å². The highest BCUT2D eigenvalue weighted by molar-refractivity contribution is 5.78. The fourth-order valence-corrected chi connectivity index (χ4v) is 1.34. The number of hydrogen-bond donors (Lipinski definition) is 1. The summed E-state index contributed by atoms with van der Waals surface area (Å²) in [5.74, 6) is 2.51. The second-order valence-corrected chi connectivity index (χ2v) is 3.64. The van der Waals surface area contributed by atoms with Crippen molar-refractivity contribution in [1.29, 1.82) is 0 Å². The molecule has 1 atom stereocenters. The summed E-state index contributed by atoms with van der Waals surface area (Å²) >= 11 is 0. The van der Waals surface area contributed by atoms with Gasteiger partial charge in [-0.25, -0.2) is 0 Å². The summed E-state index contributed by atoms with van der Waals surface area (Å²) in [6, 6.07) is 0.232. The Kier molecular flexibility index (Phi) is 8.59. The molecule has 0 aromatic carbocycles. The van der Waals surface area contributed by atoms with Crippen LogP contribution in [-0.4, -0.2) is 50.2 Å². The number of ether oxygens (including phenoxy) is 1. The SMILES string of the molecule is C#CCNCC(=O)N(CCOC)C(C)CC. The molecule has 1 unspecified atom stereocenters. The first-order valence-corrected chi connectivity index (χ1v) is 5.59. The fraction of sp³-hybridized carbons (Fsp3) is 0.750. The van der Waals surface area contributed by atoms with Gasteiger partial charge in [-0.1, -0.05) is 12.8 Å². The number of methoxy groups -OCH3 is 1. The van der Waals surface area contributed by atoms with Crippen molar-refractivity contribution in [3.63, 3.8) is 0 Å². The molecule has 0 heterocycles. The summed E-state index contributed by atoms with van der Waals surface area (Å²) in [6.45, 7) is 6.00. The van der Waals surface area contributed by atoms with Gasteiger partial charge in [-0.2, -0.15) is 0 Å². The molecule has 0 aliphatic heterocycles. The Labute approximate surface area is 98.3 Å². The Morgan fingerprint density at radius 1 is 1.62 bits per heavy atom. The largest absolute Gasteiger partial charge is 0.383 e. The maximum Gasteiger partial charge on any atom is 0.236 e. The van der Waals surface area contributed by atoms with E-state index in [1.165, 1.54) is 0 Å². The lowest BCUT2D eigenvalue weighted by atomic mass is 10.2. The number of nitrogens with one attached hydrogen (secondary N) is 1. The fourth-order valence-electron chi connectivity index (χ4n) is 1.34. The van der Waals surface area contributed by atoms with Crippen LogP contribution < -0.4 is 5.32 Å². The van der Waals surface area contributed by atoms with Crippen LogP contribution in [0.1, 0.15) is 20.3 Å². The standard InChI is InChI=1S/C12H22N2O2/c1-5-7-13-10-12(15)14(8-9-16-4)11(3)6-2/h1,11,13H,6-10H2,2-4H3. The van der Waals surface area contributed by atoms with Crippen molar-refractivity contribution in [3.8, 4) is 12.3 Å². The van der Waals surface area contributed by atoms with E-state index in [-0.39, 0.29) is 18.5 Å². The van der Waals surface area contributed by atoms with E-state index in [4.69, 9.17) is 11.2 Å². The number of amides is 1. The summed E-state index contributed by atoms with van der Waals surface area (Å²) in [5, 5.41) is 2.90. The van der Waals surface area contributed by atoms with Gasteiger partial charge < -0.3 is 9.64 Å². The quantitative estimate of drug-likeness (QED) is 0.483. The molecule has 16 heavy (non-hydrogen) atoms. The molecule has 0 aliphatic rings. The molecule has 4 nitrogen and oxygen atoms in total. The highest BCUT2D eigenvalue weighted by atomic mass is 16.5. The Hall–Kier alpha value is -1.05. The van der Waals surface area contributed by atoms with E-state index in [0.29, 0.717) is 19.7 Å². The zero-order chi connectivity index (χ0) is 12.4. The van der Waals surface area contributed by atoms with Crippen molar-refractivity contribution < 1.29 is 9.53 Å². The molecule has 0 bridgehead atoms. The van der Waals surface area contributed by atoms with Crippen LogP contribution in [0.2, 0.25) is 0 Å². The third-order valence-electron chi connectivity index (χ3n) is 2.48. The molecule has 0 spiro atoms. The van der Waals surface area contributed by atoms with Crippen molar-refractivity contribution in [1.82, 2.24) is 10.2 Å². The number of rotatable bonds is 8. The lowest BCUT2D eigenvalue weighted by Gasteiger charge is -2.28. The first kappa shape index (κ1) is 14.9. The summed E-state index contributed by atoms with van der Waals surface area (Å²) in [6.07, 6.45) is 6.03. The van der Waals surface area contributed by atoms with E-state index in [2.05, 4.69) is 18.2 Å². The lowest BCUT2D eigenvalue weighted by molar-refractivity contribution is -0.133. The Morgan fingerprint density at radius 3 is 2.81 bits per heavy atom. The Morgan fingerprint density at radius 2 is 2.31 bits per heavy atom. The molecule has 1 amide bonds. The zero-order valence-corrected chi connectivity index (χ0v) is 10.5. The van der Waals surface area contributed by atoms with Crippen LogP contribution in [0.3, 0.4) is 0 Å². The lowest BCUT2D eigenvalue weighted by Crippen LogP contribution is -2.44. The third kappa shape index (κ3) is 5.74. The van der Waals surface area contributed by atoms with Gasteiger partial charge in [0.05, 0.1) is 19.7 Å². The predicted octanol–water partition coefficient (Wildman–Crippen LogP) is 0.483. The molecular weight excluding hydrogens is 204 g/mol. The van der Waals surface area contributed by atoms with Gasteiger partial charge in [-0.15, -0.1) is 6.42 Å². The first-order chi connectivity index (χ1) is 7.67. The topological polar surface area (TPSA) is 41.6 Å². The molecule has 0 saturated carbocycles. The minimum atomic E-state index is 0.0710. The van der Waals surface area contributed by atoms with E-state index < -0.39 is 0 Å². The molecule has 0 rings (SSSR count).